The van der Waals surface area contributed by atoms with Crippen LogP contribution in [0, 0.1) is 5.92 Å². The first-order valence-electron chi connectivity index (χ1n) is 11.9. The van der Waals surface area contributed by atoms with Crippen molar-refractivity contribution in [3.05, 3.63) is 48.7 Å². The van der Waals surface area contributed by atoms with Crippen molar-refractivity contribution in [2.24, 2.45) is 5.92 Å². The van der Waals surface area contributed by atoms with Gasteiger partial charge in [0.1, 0.15) is 6.33 Å². The number of aromatic nitrogens is 5. The summed E-state index contributed by atoms with van der Waals surface area (Å²) in [6.45, 7) is 0. The van der Waals surface area contributed by atoms with Crippen molar-refractivity contribution in [3.63, 3.8) is 0 Å². The largest absolute Gasteiger partial charge is 0.393 e. The quantitative estimate of drug-likeness (QED) is 0.408. The average molecular weight is 519 g/mol. The van der Waals surface area contributed by atoms with Crippen molar-refractivity contribution >= 4 is 86.0 Å². The Balaban J connectivity index is 1.58. The molecule has 1 aliphatic carbocycles. The Morgan fingerprint density at radius 1 is 0.925 bits per heavy atom. The molecule has 0 unspecified atom stereocenters. The van der Waals surface area contributed by atoms with Crippen molar-refractivity contribution in [3.8, 4) is 5.82 Å². The fourth-order valence-electron chi connectivity index (χ4n) is 4.56. The number of hydrogen-bond donors (Lipinski definition) is 1. The molecular weight excluding hydrogens is 505 g/mol. The van der Waals surface area contributed by atoms with Gasteiger partial charge in [-0.1, -0.05) is 0 Å². The molecule has 3 heterocycles. The first-order chi connectivity index (χ1) is 18.6. The smallest absolute Gasteiger partial charge is 0.263 e. The van der Waals surface area contributed by atoms with Gasteiger partial charge in [0.05, 0.1) is 69.0 Å². The van der Waals surface area contributed by atoms with Crippen LogP contribution in [0.25, 0.3) is 5.82 Å². The van der Waals surface area contributed by atoms with Crippen molar-refractivity contribution in [2.75, 3.05) is 10.2 Å². The number of benzene rings is 1. The standard InChI is InChI=1S/C21H14B8F2N8O/c22-18(23)20(26,27)39(16(40)10-1-2-10)21(28,29)19(24,25)38(18)13-6-11(15(30)31)5-12(7-13)35-17-34-9-37(36-17)14-8-32-3-4-33-14/h3-10,15H,1-2H2,(H,35,36). The number of nitrogens with one attached hydrogen (secondary N) is 1. The van der Waals surface area contributed by atoms with E-state index in [4.69, 9.17) is 62.8 Å². The summed E-state index contributed by atoms with van der Waals surface area (Å²) in [6.07, 6.45) is 3.82. The summed E-state index contributed by atoms with van der Waals surface area (Å²) < 4.78 is 29.4. The molecule has 19 heteroatoms. The maximum absolute atomic E-state index is 14.0. The lowest BCUT2D eigenvalue weighted by molar-refractivity contribution is -0.138. The van der Waals surface area contributed by atoms with Crippen molar-refractivity contribution in [1.29, 1.82) is 0 Å². The molecule has 0 bridgehead atoms. The minimum atomic E-state index is -2.97. The number of amides is 1. The minimum Gasteiger partial charge on any atom is -0.393 e. The van der Waals surface area contributed by atoms with Crippen LogP contribution in [0.2, 0.25) is 0 Å². The lowest BCUT2D eigenvalue weighted by Gasteiger charge is -2.76. The Bertz CT molecular complexity index is 1410. The van der Waals surface area contributed by atoms with Crippen LogP contribution in [0.1, 0.15) is 24.8 Å². The van der Waals surface area contributed by atoms with E-state index in [9.17, 15) is 13.6 Å². The van der Waals surface area contributed by atoms with Crippen LogP contribution in [0.15, 0.2) is 43.1 Å². The summed E-state index contributed by atoms with van der Waals surface area (Å²) >= 11 is 0. The van der Waals surface area contributed by atoms with E-state index >= 15 is 0 Å². The normalized spacial score (nSPS) is 20.8. The maximum Gasteiger partial charge on any atom is 0.263 e. The Morgan fingerprint density at radius 2 is 1.57 bits per heavy atom. The predicted molar refractivity (Wildman–Crippen MR) is 151 cm³/mol. The Labute approximate surface area is 240 Å². The SMILES string of the molecule is [B]C1([B])N(C(=O)C2CC2)C([B])([B])C([B])([B])N(c2cc(Nc3ncn(-c4cnccn4)n3)cc(C(F)F)c2)C1([B])[B]. The van der Waals surface area contributed by atoms with Crippen molar-refractivity contribution in [1.82, 2.24) is 29.6 Å². The zero-order chi connectivity index (χ0) is 29.3. The molecule has 1 saturated heterocycles. The summed E-state index contributed by atoms with van der Waals surface area (Å²) in [6, 6.07) is 3.45. The van der Waals surface area contributed by atoms with Gasteiger partial charge in [-0.25, -0.2) is 13.8 Å². The molecule has 1 aromatic carbocycles. The number of carbonyl (C=O) groups excluding carboxylic acids is 1. The van der Waals surface area contributed by atoms with Gasteiger partial charge >= 0.3 is 0 Å². The number of anilines is 3. The molecule has 1 amide bonds. The van der Waals surface area contributed by atoms with Gasteiger partial charge < -0.3 is 15.1 Å². The molecule has 182 valence electrons. The highest BCUT2D eigenvalue weighted by Crippen LogP contribution is 2.48. The molecule has 2 aromatic heterocycles. The monoisotopic (exact) mass is 520 g/mol. The zero-order valence-corrected chi connectivity index (χ0v) is 21.0. The average Bonchev–Trinajstić information content (AvgIpc) is 3.62. The minimum absolute atomic E-state index is 0.0142. The van der Waals surface area contributed by atoms with Crippen LogP contribution in [0.4, 0.5) is 26.1 Å². The Morgan fingerprint density at radius 3 is 2.12 bits per heavy atom. The summed E-state index contributed by atoms with van der Waals surface area (Å²) in [7, 11) is 51.0. The second-order valence-corrected chi connectivity index (χ2v) is 9.90. The van der Waals surface area contributed by atoms with Crippen LogP contribution in [0.5, 0.6) is 0 Å². The van der Waals surface area contributed by atoms with Crippen LogP contribution >= 0.6 is 0 Å². The molecule has 2 aliphatic rings. The zero-order valence-electron chi connectivity index (χ0n) is 21.0. The molecular formula is C21H14B8F2N8O. The van der Waals surface area contributed by atoms with E-state index in [1.54, 1.807) is 0 Å². The number of halogens is 2. The number of nitrogens with zero attached hydrogens (tertiary/aromatic N) is 7. The van der Waals surface area contributed by atoms with Crippen molar-refractivity contribution < 1.29 is 13.6 Å². The number of alkyl halides is 2. The summed E-state index contributed by atoms with van der Waals surface area (Å²) in [4.78, 5) is 26.8. The third kappa shape index (κ3) is 4.45. The van der Waals surface area contributed by atoms with Gasteiger partial charge in [-0.15, -0.1) is 5.10 Å². The lowest BCUT2D eigenvalue weighted by Crippen LogP contribution is -2.93. The third-order valence-electron chi connectivity index (χ3n) is 6.89. The molecule has 40 heavy (non-hydrogen) atoms. The highest BCUT2D eigenvalue weighted by Gasteiger charge is 2.62. The van der Waals surface area contributed by atoms with Gasteiger partial charge in [0.25, 0.3) is 6.43 Å². The molecule has 5 rings (SSSR count). The maximum atomic E-state index is 14.0. The van der Waals surface area contributed by atoms with E-state index in [1.807, 2.05) is 0 Å². The van der Waals surface area contributed by atoms with E-state index in [2.05, 4.69) is 25.4 Å². The number of hydrogen-bond acceptors (Lipinski definition) is 7. The summed E-state index contributed by atoms with van der Waals surface area (Å²) in [5, 5.41) is -2.87. The first kappa shape index (κ1) is 28.4. The van der Waals surface area contributed by atoms with Crippen LogP contribution in [-0.2, 0) is 4.79 Å². The highest BCUT2D eigenvalue weighted by atomic mass is 19.3. The summed E-state index contributed by atoms with van der Waals surface area (Å²) in [5.74, 6) is -0.757. The molecule has 1 N–H and O–H groups in total. The predicted octanol–water partition coefficient (Wildman–Crippen LogP) is -1.24. The van der Waals surface area contributed by atoms with Crippen LogP contribution in [0.3, 0.4) is 0 Å². The number of rotatable bonds is 6. The molecule has 1 saturated carbocycles. The van der Waals surface area contributed by atoms with Crippen LogP contribution < -0.4 is 10.2 Å². The molecule has 3 aromatic rings. The van der Waals surface area contributed by atoms with Gasteiger partial charge in [-0.05, 0) is 52.4 Å². The molecule has 0 atom stereocenters. The fraction of sp³-hybridized carbons (Fsp3) is 0.381. The molecule has 1 aliphatic heterocycles. The Hall–Kier alpha value is -3.11. The molecule has 9 nitrogen and oxygen atoms in total. The molecule has 2 fully saturated rings. The lowest BCUT2D eigenvalue weighted by atomic mass is 9.26. The molecule has 0 spiro atoms. The first-order valence-corrected chi connectivity index (χ1v) is 11.9. The van der Waals surface area contributed by atoms with Gasteiger partial charge in [0.2, 0.25) is 11.9 Å². The van der Waals surface area contributed by atoms with Gasteiger partial charge in [-0.2, -0.15) is 9.67 Å². The number of carbonyl (C=O) groups is 1. The van der Waals surface area contributed by atoms with E-state index < -0.39 is 45.2 Å². The van der Waals surface area contributed by atoms with Gasteiger partial charge in [0.15, 0.2) is 5.82 Å². The molecule has 16 radical (unpaired) electrons. The van der Waals surface area contributed by atoms with E-state index in [-0.39, 0.29) is 17.3 Å². The topological polar surface area (TPSA) is 92.1 Å². The fourth-order valence-corrected chi connectivity index (χ4v) is 4.56. The number of piperazine rings is 1. The second-order valence-electron chi connectivity index (χ2n) is 9.90. The second kappa shape index (κ2) is 9.48. The van der Waals surface area contributed by atoms with Crippen LogP contribution in [-0.4, -0.2) is 120 Å². The van der Waals surface area contributed by atoms with Crippen molar-refractivity contribution in [2.45, 2.75) is 40.6 Å². The van der Waals surface area contributed by atoms with E-state index in [1.165, 1.54) is 35.7 Å². The summed E-state index contributed by atoms with van der Waals surface area (Å²) in [5.41, 5.74) is -0.648. The van der Waals surface area contributed by atoms with Gasteiger partial charge in [-0.3, -0.25) is 9.78 Å². The third-order valence-corrected chi connectivity index (χ3v) is 6.89. The van der Waals surface area contributed by atoms with Gasteiger partial charge in [0, 0.05) is 35.2 Å². The van der Waals surface area contributed by atoms with E-state index in [0.29, 0.717) is 23.6 Å². The highest BCUT2D eigenvalue weighted by molar-refractivity contribution is 6.63. The van der Waals surface area contributed by atoms with E-state index in [0.717, 1.165) is 17.0 Å². The Kier molecular flexibility index (Phi) is 6.73.